The Kier molecular flexibility index (Phi) is 3.77. The van der Waals surface area contributed by atoms with Crippen LogP contribution in [0.4, 0.5) is 5.69 Å². The number of rotatable bonds is 3. The molecule has 1 aromatic rings. The summed E-state index contributed by atoms with van der Waals surface area (Å²) >= 11 is 0. The van der Waals surface area contributed by atoms with E-state index in [-0.39, 0.29) is 6.54 Å². The van der Waals surface area contributed by atoms with Crippen molar-refractivity contribution in [1.82, 2.24) is 0 Å². The SMILES string of the molecule is NC[C@@H](O)c1ccc(N2CCOCC2)cc1. The highest BCUT2D eigenvalue weighted by Crippen LogP contribution is 2.19. The fourth-order valence-electron chi connectivity index (χ4n) is 1.86. The van der Waals surface area contributed by atoms with Gasteiger partial charge in [0, 0.05) is 25.3 Å². The molecule has 0 aliphatic carbocycles. The maximum absolute atomic E-state index is 9.57. The Labute approximate surface area is 95.6 Å². The van der Waals surface area contributed by atoms with Gasteiger partial charge < -0.3 is 20.5 Å². The summed E-state index contributed by atoms with van der Waals surface area (Å²) in [5.74, 6) is 0. The van der Waals surface area contributed by atoms with Crippen LogP contribution in [0.15, 0.2) is 24.3 Å². The Morgan fingerprint density at radius 3 is 2.44 bits per heavy atom. The van der Waals surface area contributed by atoms with E-state index < -0.39 is 6.10 Å². The quantitative estimate of drug-likeness (QED) is 0.782. The Morgan fingerprint density at radius 2 is 1.88 bits per heavy atom. The third kappa shape index (κ3) is 2.52. The number of nitrogens with zero attached hydrogens (tertiary/aromatic N) is 1. The van der Waals surface area contributed by atoms with Crippen molar-refractivity contribution in [2.45, 2.75) is 6.10 Å². The van der Waals surface area contributed by atoms with Crippen molar-refractivity contribution in [2.75, 3.05) is 37.7 Å². The number of aliphatic hydroxyl groups excluding tert-OH is 1. The first-order valence-corrected chi connectivity index (χ1v) is 5.62. The normalized spacial score (nSPS) is 18.5. The molecule has 1 fully saturated rings. The van der Waals surface area contributed by atoms with Gasteiger partial charge in [0.25, 0.3) is 0 Å². The van der Waals surface area contributed by atoms with Crippen molar-refractivity contribution in [3.8, 4) is 0 Å². The Morgan fingerprint density at radius 1 is 1.25 bits per heavy atom. The van der Waals surface area contributed by atoms with E-state index in [1.165, 1.54) is 5.69 Å². The van der Waals surface area contributed by atoms with Gasteiger partial charge in [-0.1, -0.05) is 12.1 Å². The zero-order valence-electron chi connectivity index (χ0n) is 9.30. The number of nitrogens with two attached hydrogens (primary N) is 1. The molecule has 1 saturated heterocycles. The number of morpholine rings is 1. The van der Waals surface area contributed by atoms with Crippen LogP contribution >= 0.6 is 0 Å². The summed E-state index contributed by atoms with van der Waals surface area (Å²) in [6, 6.07) is 7.92. The molecule has 0 bridgehead atoms. The minimum absolute atomic E-state index is 0.261. The molecule has 0 amide bonds. The lowest BCUT2D eigenvalue weighted by Gasteiger charge is -2.29. The lowest BCUT2D eigenvalue weighted by molar-refractivity contribution is 0.122. The Bertz CT molecular complexity index is 320. The van der Waals surface area contributed by atoms with Crippen molar-refractivity contribution in [3.63, 3.8) is 0 Å². The van der Waals surface area contributed by atoms with Gasteiger partial charge in [-0.25, -0.2) is 0 Å². The molecule has 0 saturated carbocycles. The van der Waals surface area contributed by atoms with E-state index >= 15 is 0 Å². The molecule has 0 unspecified atom stereocenters. The van der Waals surface area contributed by atoms with E-state index in [1.807, 2.05) is 24.3 Å². The summed E-state index contributed by atoms with van der Waals surface area (Å²) in [5, 5.41) is 9.57. The highest BCUT2D eigenvalue weighted by Gasteiger charge is 2.11. The van der Waals surface area contributed by atoms with Crippen LogP contribution in [0.25, 0.3) is 0 Å². The minimum Gasteiger partial charge on any atom is -0.387 e. The number of benzene rings is 1. The van der Waals surface area contributed by atoms with Crippen LogP contribution in [-0.2, 0) is 4.74 Å². The molecule has 1 atom stereocenters. The molecule has 2 rings (SSSR count). The molecule has 1 aliphatic heterocycles. The molecule has 1 aromatic carbocycles. The molecule has 3 N–H and O–H groups in total. The summed E-state index contributed by atoms with van der Waals surface area (Å²) < 4.78 is 5.30. The lowest BCUT2D eigenvalue weighted by Crippen LogP contribution is -2.36. The molecule has 0 spiro atoms. The summed E-state index contributed by atoms with van der Waals surface area (Å²) in [7, 11) is 0. The highest BCUT2D eigenvalue weighted by atomic mass is 16.5. The topological polar surface area (TPSA) is 58.7 Å². The van der Waals surface area contributed by atoms with E-state index in [1.54, 1.807) is 0 Å². The summed E-state index contributed by atoms with van der Waals surface area (Å²) in [5.41, 5.74) is 7.46. The fraction of sp³-hybridized carbons (Fsp3) is 0.500. The Hall–Kier alpha value is -1.10. The van der Waals surface area contributed by atoms with Gasteiger partial charge in [0.2, 0.25) is 0 Å². The second kappa shape index (κ2) is 5.30. The molecular weight excluding hydrogens is 204 g/mol. The van der Waals surface area contributed by atoms with Gasteiger partial charge in [-0.3, -0.25) is 0 Å². The molecular formula is C12H18N2O2. The number of anilines is 1. The van der Waals surface area contributed by atoms with Crippen LogP contribution in [0.5, 0.6) is 0 Å². The zero-order valence-corrected chi connectivity index (χ0v) is 9.30. The second-order valence-electron chi connectivity index (χ2n) is 3.94. The number of hydrogen-bond acceptors (Lipinski definition) is 4. The van der Waals surface area contributed by atoms with Crippen molar-refractivity contribution in [2.24, 2.45) is 5.73 Å². The predicted molar refractivity (Wildman–Crippen MR) is 63.5 cm³/mol. The first-order chi connectivity index (χ1) is 7.81. The van der Waals surface area contributed by atoms with Gasteiger partial charge in [-0.2, -0.15) is 0 Å². The number of ether oxygens (including phenoxy) is 1. The molecule has 88 valence electrons. The van der Waals surface area contributed by atoms with Gasteiger partial charge in [-0.15, -0.1) is 0 Å². The van der Waals surface area contributed by atoms with Crippen molar-refractivity contribution in [1.29, 1.82) is 0 Å². The van der Waals surface area contributed by atoms with Crippen LogP contribution in [0.2, 0.25) is 0 Å². The molecule has 1 aliphatic rings. The van der Waals surface area contributed by atoms with E-state index in [4.69, 9.17) is 10.5 Å². The third-order valence-corrected chi connectivity index (χ3v) is 2.88. The van der Waals surface area contributed by atoms with Crippen LogP contribution in [0.3, 0.4) is 0 Å². The highest BCUT2D eigenvalue weighted by molar-refractivity contribution is 5.48. The van der Waals surface area contributed by atoms with Crippen LogP contribution < -0.4 is 10.6 Å². The average molecular weight is 222 g/mol. The van der Waals surface area contributed by atoms with E-state index in [2.05, 4.69) is 4.90 Å². The van der Waals surface area contributed by atoms with E-state index in [0.717, 1.165) is 31.9 Å². The Balaban J connectivity index is 2.06. The molecule has 4 heteroatoms. The first-order valence-electron chi connectivity index (χ1n) is 5.62. The zero-order chi connectivity index (χ0) is 11.4. The number of aliphatic hydroxyl groups is 1. The monoisotopic (exact) mass is 222 g/mol. The fourth-order valence-corrected chi connectivity index (χ4v) is 1.86. The number of hydrogen-bond donors (Lipinski definition) is 2. The molecule has 1 heterocycles. The summed E-state index contributed by atoms with van der Waals surface area (Å²) in [6.45, 7) is 3.69. The van der Waals surface area contributed by atoms with Crippen LogP contribution in [0, 0.1) is 0 Å². The molecule has 4 nitrogen and oxygen atoms in total. The maximum Gasteiger partial charge on any atom is 0.0912 e. The largest absolute Gasteiger partial charge is 0.387 e. The first kappa shape index (κ1) is 11.4. The maximum atomic E-state index is 9.57. The lowest BCUT2D eigenvalue weighted by atomic mass is 10.1. The van der Waals surface area contributed by atoms with Crippen molar-refractivity contribution >= 4 is 5.69 Å². The third-order valence-electron chi connectivity index (χ3n) is 2.88. The van der Waals surface area contributed by atoms with Gasteiger partial charge in [-0.05, 0) is 17.7 Å². The molecule has 0 aromatic heterocycles. The van der Waals surface area contributed by atoms with Gasteiger partial charge in [0.1, 0.15) is 0 Å². The standard InChI is InChI=1S/C12H18N2O2/c13-9-12(15)10-1-3-11(4-2-10)14-5-7-16-8-6-14/h1-4,12,15H,5-9,13H2/t12-/m1/s1. The second-order valence-corrected chi connectivity index (χ2v) is 3.94. The van der Waals surface area contributed by atoms with Crippen molar-refractivity contribution < 1.29 is 9.84 Å². The van der Waals surface area contributed by atoms with Gasteiger partial charge in [0.05, 0.1) is 19.3 Å². The van der Waals surface area contributed by atoms with Gasteiger partial charge in [0.15, 0.2) is 0 Å². The summed E-state index contributed by atoms with van der Waals surface area (Å²) in [4.78, 5) is 2.28. The smallest absolute Gasteiger partial charge is 0.0912 e. The van der Waals surface area contributed by atoms with E-state index in [0.29, 0.717) is 0 Å². The van der Waals surface area contributed by atoms with Crippen molar-refractivity contribution in [3.05, 3.63) is 29.8 Å². The summed E-state index contributed by atoms with van der Waals surface area (Å²) in [6.07, 6.45) is -0.557. The molecule has 0 radical (unpaired) electrons. The molecule has 16 heavy (non-hydrogen) atoms. The van der Waals surface area contributed by atoms with Crippen LogP contribution in [-0.4, -0.2) is 38.0 Å². The van der Waals surface area contributed by atoms with Crippen LogP contribution in [0.1, 0.15) is 11.7 Å². The predicted octanol–water partition coefficient (Wildman–Crippen LogP) is 0.515. The minimum atomic E-state index is -0.557. The van der Waals surface area contributed by atoms with E-state index in [9.17, 15) is 5.11 Å². The average Bonchev–Trinajstić information content (AvgIpc) is 2.39. The van der Waals surface area contributed by atoms with Gasteiger partial charge >= 0.3 is 0 Å².